The van der Waals surface area contributed by atoms with Crippen LogP contribution < -0.4 is 11.5 Å². The predicted octanol–water partition coefficient (Wildman–Crippen LogP) is 2.83. The number of pyridine rings is 1. The number of anilines is 2. The highest BCUT2D eigenvalue weighted by molar-refractivity contribution is 7.90. The first-order valence-electron chi connectivity index (χ1n) is 8.65. The molecule has 1 aromatic carbocycles. The molecule has 0 spiro atoms. The number of nitrogen functional groups attached to an aromatic ring is 2. The molecule has 4 N–H and O–H groups in total. The summed E-state index contributed by atoms with van der Waals surface area (Å²) >= 11 is 0. The van der Waals surface area contributed by atoms with Gasteiger partial charge in [-0.1, -0.05) is 24.0 Å². The van der Waals surface area contributed by atoms with E-state index in [2.05, 4.69) is 26.8 Å². The smallest absolute Gasteiger partial charge is 0.384 e. The molecule has 0 atom stereocenters. The number of hydrogen-bond acceptors (Lipinski definition) is 7. The highest BCUT2D eigenvalue weighted by Crippen LogP contribution is 2.32. The molecule has 2 aromatic heterocycles. The van der Waals surface area contributed by atoms with Crippen molar-refractivity contribution in [3.63, 3.8) is 0 Å². The Morgan fingerprint density at radius 3 is 2.26 bits per heavy atom. The number of sulfone groups is 1. The molecule has 2 heterocycles. The lowest BCUT2D eigenvalue weighted by Crippen LogP contribution is -2.09. The highest BCUT2D eigenvalue weighted by Gasteiger charge is 2.33. The zero-order valence-corrected chi connectivity index (χ0v) is 17.1. The Morgan fingerprint density at radius 2 is 1.68 bits per heavy atom. The van der Waals surface area contributed by atoms with Crippen LogP contribution in [-0.4, -0.2) is 29.6 Å². The molecule has 0 aliphatic rings. The molecule has 0 saturated heterocycles. The molecule has 0 bridgehead atoms. The number of aromatic nitrogens is 3. The fraction of sp³-hybridized carbons (Fsp3) is 0.150. The maximum absolute atomic E-state index is 13.3. The summed E-state index contributed by atoms with van der Waals surface area (Å²) in [5, 5.41) is 0. The summed E-state index contributed by atoms with van der Waals surface area (Å²) in [7, 11) is -3.41. The molecule has 3 aromatic rings. The summed E-state index contributed by atoms with van der Waals surface area (Å²) < 4.78 is 63.3. The van der Waals surface area contributed by atoms with E-state index in [1.54, 1.807) is 6.92 Å². The van der Waals surface area contributed by atoms with Crippen molar-refractivity contribution < 1.29 is 21.6 Å². The molecule has 0 saturated carbocycles. The lowest BCUT2D eigenvalue weighted by Gasteiger charge is -2.10. The molecule has 3 rings (SSSR count). The average Bonchev–Trinajstić information content (AvgIpc) is 2.66. The number of benzene rings is 1. The standard InChI is InChI=1S/C20H16F3N5O2S/c1-11-15(8-5-13-10-26-17(24)9-16(13)20(21,22)23)18(28-19(25)27-11)12-3-6-14(7-4-12)31(2,29)30/h3-4,6-7,9-10H,1-2H3,(H2,24,26)(H2,25,27,28). The van der Waals surface area contributed by atoms with Gasteiger partial charge < -0.3 is 11.5 Å². The number of aryl methyl sites for hydroxylation is 1. The molecule has 0 unspecified atom stereocenters. The summed E-state index contributed by atoms with van der Waals surface area (Å²) in [5.41, 5.74) is 11.1. The topological polar surface area (TPSA) is 125 Å². The van der Waals surface area contributed by atoms with Gasteiger partial charge in [0.05, 0.1) is 33.0 Å². The second-order valence-electron chi connectivity index (χ2n) is 6.59. The van der Waals surface area contributed by atoms with Crippen molar-refractivity contribution in [3.8, 4) is 23.1 Å². The van der Waals surface area contributed by atoms with E-state index in [0.29, 0.717) is 17.3 Å². The van der Waals surface area contributed by atoms with Crippen molar-refractivity contribution in [2.75, 3.05) is 17.7 Å². The quantitative estimate of drug-likeness (QED) is 0.579. The molecule has 0 amide bonds. The van der Waals surface area contributed by atoms with Gasteiger partial charge in [-0.25, -0.2) is 23.4 Å². The normalized spacial score (nSPS) is 11.6. The second-order valence-corrected chi connectivity index (χ2v) is 8.61. The van der Waals surface area contributed by atoms with Gasteiger partial charge in [0, 0.05) is 18.0 Å². The van der Waals surface area contributed by atoms with Crippen LogP contribution in [0.4, 0.5) is 24.9 Å². The van der Waals surface area contributed by atoms with Gasteiger partial charge in [-0.2, -0.15) is 13.2 Å². The Morgan fingerprint density at radius 1 is 1.03 bits per heavy atom. The highest BCUT2D eigenvalue weighted by atomic mass is 32.2. The minimum Gasteiger partial charge on any atom is -0.384 e. The van der Waals surface area contributed by atoms with Crippen molar-refractivity contribution in [2.45, 2.75) is 18.0 Å². The van der Waals surface area contributed by atoms with Gasteiger partial charge in [0.25, 0.3) is 0 Å². The number of nitrogens with zero attached hydrogens (tertiary/aromatic N) is 3. The minimum atomic E-state index is -4.67. The Balaban J connectivity index is 2.16. The molecule has 31 heavy (non-hydrogen) atoms. The second kappa shape index (κ2) is 7.88. The maximum atomic E-state index is 13.3. The van der Waals surface area contributed by atoms with Gasteiger partial charge in [-0.15, -0.1) is 0 Å². The molecule has 160 valence electrons. The summed E-state index contributed by atoms with van der Waals surface area (Å²) in [6.45, 7) is 1.59. The van der Waals surface area contributed by atoms with Crippen molar-refractivity contribution in [1.82, 2.24) is 15.0 Å². The van der Waals surface area contributed by atoms with Crippen LogP contribution in [0.3, 0.4) is 0 Å². The molecular formula is C20H16F3N5O2S. The van der Waals surface area contributed by atoms with E-state index in [4.69, 9.17) is 11.5 Å². The van der Waals surface area contributed by atoms with Crippen LogP contribution >= 0.6 is 0 Å². The first kappa shape index (κ1) is 22.0. The van der Waals surface area contributed by atoms with E-state index in [1.807, 2.05) is 0 Å². The zero-order valence-electron chi connectivity index (χ0n) is 16.3. The molecular weight excluding hydrogens is 431 g/mol. The SMILES string of the molecule is Cc1nc(N)nc(-c2ccc(S(C)(=O)=O)cc2)c1C#Cc1cnc(N)cc1C(F)(F)F. The first-order chi connectivity index (χ1) is 14.4. The van der Waals surface area contributed by atoms with Crippen LogP contribution in [0.2, 0.25) is 0 Å². The fourth-order valence-corrected chi connectivity index (χ4v) is 3.38. The van der Waals surface area contributed by atoms with Crippen molar-refractivity contribution >= 4 is 21.6 Å². The summed E-state index contributed by atoms with van der Waals surface area (Å²) in [6, 6.07) is 6.51. The zero-order chi connectivity index (χ0) is 23.0. The van der Waals surface area contributed by atoms with Crippen LogP contribution in [0.1, 0.15) is 22.4 Å². The summed E-state index contributed by atoms with van der Waals surface area (Å²) in [5.74, 6) is 4.79. The third-order valence-corrected chi connectivity index (χ3v) is 5.34. The largest absolute Gasteiger partial charge is 0.417 e. The first-order valence-corrected chi connectivity index (χ1v) is 10.5. The van der Waals surface area contributed by atoms with Crippen molar-refractivity contribution in [1.29, 1.82) is 0 Å². The summed E-state index contributed by atoms with van der Waals surface area (Å²) in [4.78, 5) is 12.0. The number of nitrogens with two attached hydrogens (primary N) is 2. The van der Waals surface area contributed by atoms with E-state index >= 15 is 0 Å². The Kier molecular flexibility index (Phi) is 5.61. The van der Waals surface area contributed by atoms with Gasteiger partial charge >= 0.3 is 6.18 Å². The van der Waals surface area contributed by atoms with Crippen LogP contribution in [0, 0.1) is 18.8 Å². The van der Waals surface area contributed by atoms with Crippen molar-refractivity contribution in [2.24, 2.45) is 0 Å². The van der Waals surface area contributed by atoms with Crippen LogP contribution in [0.15, 0.2) is 41.4 Å². The van der Waals surface area contributed by atoms with Gasteiger partial charge in [0.1, 0.15) is 5.82 Å². The monoisotopic (exact) mass is 447 g/mol. The Bertz CT molecular complexity index is 1330. The number of rotatable bonds is 2. The van der Waals surface area contributed by atoms with Gasteiger partial charge in [-0.05, 0) is 25.1 Å². The van der Waals surface area contributed by atoms with Gasteiger partial charge in [-0.3, -0.25) is 0 Å². The molecule has 0 aliphatic heterocycles. The number of hydrogen-bond donors (Lipinski definition) is 2. The van der Waals surface area contributed by atoms with Crippen molar-refractivity contribution in [3.05, 3.63) is 58.9 Å². The van der Waals surface area contributed by atoms with E-state index in [1.165, 1.54) is 24.3 Å². The molecule has 0 aliphatic carbocycles. The Labute approximate surface area is 176 Å². The van der Waals surface area contributed by atoms with Gasteiger partial charge in [0.15, 0.2) is 9.84 Å². The van der Waals surface area contributed by atoms with E-state index in [0.717, 1.165) is 12.5 Å². The maximum Gasteiger partial charge on any atom is 0.417 e. The molecule has 0 fully saturated rings. The number of alkyl halides is 3. The van der Waals surface area contributed by atoms with Gasteiger partial charge in [0.2, 0.25) is 5.95 Å². The molecule has 11 heteroatoms. The van der Waals surface area contributed by atoms with E-state index in [9.17, 15) is 21.6 Å². The third-order valence-electron chi connectivity index (χ3n) is 4.22. The van der Waals surface area contributed by atoms with Crippen LogP contribution in [0.25, 0.3) is 11.3 Å². The molecule has 7 nitrogen and oxygen atoms in total. The predicted molar refractivity (Wildman–Crippen MR) is 109 cm³/mol. The fourth-order valence-electron chi connectivity index (χ4n) is 2.75. The third kappa shape index (κ3) is 4.92. The lowest BCUT2D eigenvalue weighted by molar-refractivity contribution is -0.137. The minimum absolute atomic E-state index is 0.0598. The van der Waals surface area contributed by atoms with Crippen LogP contribution in [0.5, 0.6) is 0 Å². The van der Waals surface area contributed by atoms with E-state index in [-0.39, 0.29) is 33.5 Å². The molecule has 0 radical (unpaired) electrons. The summed E-state index contributed by atoms with van der Waals surface area (Å²) in [6.07, 6.45) is -2.65. The van der Waals surface area contributed by atoms with E-state index < -0.39 is 21.6 Å². The Hall–Kier alpha value is -3.65. The van der Waals surface area contributed by atoms with Crippen LogP contribution in [-0.2, 0) is 16.0 Å². The lowest BCUT2D eigenvalue weighted by atomic mass is 10.0. The average molecular weight is 447 g/mol. The number of halogens is 3.